The van der Waals surface area contributed by atoms with Crippen LogP contribution in [0.5, 0.6) is 0 Å². The summed E-state index contributed by atoms with van der Waals surface area (Å²) in [5, 5.41) is 8.83. The lowest BCUT2D eigenvalue weighted by molar-refractivity contribution is -0.0141. The molecule has 1 N–H and O–H groups in total. The number of morpholine rings is 1. The Kier molecular flexibility index (Phi) is 5.28. The third-order valence-electron chi connectivity index (χ3n) is 3.37. The van der Waals surface area contributed by atoms with Gasteiger partial charge in [0.25, 0.3) is 0 Å². The Labute approximate surface area is 121 Å². The van der Waals surface area contributed by atoms with Crippen molar-refractivity contribution in [2.75, 3.05) is 32.0 Å². The predicted octanol–water partition coefficient (Wildman–Crippen LogP) is 1.21. The Morgan fingerprint density at radius 2 is 2.15 bits per heavy atom. The van der Waals surface area contributed by atoms with Crippen molar-refractivity contribution in [3.63, 3.8) is 0 Å². The lowest BCUT2D eigenvalue weighted by Crippen LogP contribution is -2.44. The van der Waals surface area contributed by atoms with Gasteiger partial charge in [0.05, 0.1) is 34.8 Å². The first-order valence-corrected chi connectivity index (χ1v) is 7.97. The van der Waals surface area contributed by atoms with E-state index in [9.17, 15) is 9.00 Å². The van der Waals surface area contributed by atoms with E-state index in [-0.39, 0.29) is 11.7 Å². The number of likely N-dealkylation sites (N-methyl/N-ethyl adjacent to an activating group) is 1. The van der Waals surface area contributed by atoms with Gasteiger partial charge in [0.1, 0.15) is 0 Å². The summed E-state index contributed by atoms with van der Waals surface area (Å²) >= 11 is 0. The van der Waals surface area contributed by atoms with Crippen molar-refractivity contribution in [1.82, 2.24) is 4.90 Å². The van der Waals surface area contributed by atoms with Gasteiger partial charge in [0, 0.05) is 18.0 Å². The van der Waals surface area contributed by atoms with Crippen LogP contribution in [0.4, 0.5) is 0 Å². The van der Waals surface area contributed by atoms with Crippen LogP contribution in [0.3, 0.4) is 0 Å². The van der Waals surface area contributed by atoms with E-state index in [4.69, 9.17) is 9.84 Å². The second-order valence-corrected chi connectivity index (χ2v) is 6.22. The number of rotatable bonds is 5. The van der Waals surface area contributed by atoms with Crippen molar-refractivity contribution in [1.29, 1.82) is 0 Å². The summed E-state index contributed by atoms with van der Waals surface area (Å²) in [5.41, 5.74) is 0.205. The number of nitrogens with zero attached hydrogens (tertiary/aromatic N) is 1. The molecule has 2 rings (SSSR count). The second-order valence-electron chi connectivity index (χ2n) is 4.73. The zero-order valence-electron chi connectivity index (χ0n) is 11.4. The van der Waals surface area contributed by atoms with Gasteiger partial charge in [0.15, 0.2) is 0 Å². The Hall–Kier alpha value is -1.24. The van der Waals surface area contributed by atoms with Crippen molar-refractivity contribution in [3.05, 3.63) is 29.8 Å². The number of ether oxygens (including phenoxy) is 1. The molecule has 6 heteroatoms. The van der Waals surface area contributed by atoms with Crippen LogP contribution in [0.2, 0.25) is 0 Å². The molecule has 0 amide bonds. The lowest BCUT2D eigenvalue weighted by atomic mass is 10.2. The van der Waals surface area contributed by atoms with Gasteiger partial charge < -0.3 is 9.84 Å². The largest absolute Gasteiger partial charge is 0.478 e. The van der Waals surface area contributed by atoms with Crippen LogP contribution in [0.1, 0.15) is 17.3 Å². The molecular weight excluding hydrogens is 278 g/mol. The number of aromatic carboxylic acids is 1. The molecule has 2 atom stereocenters. The molecule has 1 fully saturated rings. The average molecular weight is 297 g/mol. The third kappa shape index (κ3) is 3.88. The first-order chi connectivity index (χ1) is 9.60. The molecule has 2 unspecified atom stereocenters. The summed E-state index contributed by atoms with van der Waals surface area (Å²) in [6, 6.07) is 6.19. The standard InChI is InChI=1S/C14H19NO4S/c1-2-15-7-8-19-12(9-15)10-20(18)13-5-3-11(4-6-13)14(16)17/h3-6,12H,2,7-10H2,1H3,(H,16,17). The topological polar surface area (TPSA) is 66.8 Å². The van der Waals surface area contributed by atoms with E-state index in [1.54, 1.807) is 12.1 Å². The minimum absolute atomic E-state index is 0.0244. The van der Waals surface area contributed by atoms with E-state index in [0.717, 1.165) is 19.6 Å². The normalized spacial score (nSPS) is 21.6. The fourth-order valence-corrected chi connectivity index (χ4v) is 3.35. The number of benzene rings is 1. The monoisotopic (exact) mass is 297 g/mol. The van der Waals surface area contributed by atoms with Crippen LogP contribution in [-0.4, -0.2) is 58.3 Å². The first-order valence-electron chi connectivity index (χ1n) is 6.66. The SMILES string of the molecule is CCN1CCOC(CS(=O)c2ccc(C(=O)O)cc2)C1. The molecule has 20 heavy (non-hydrogen) atoms. The van der Waals surface area contributed by atoms with Crippen LogP contribution < -0.4 is 0 Å². The number of hydrogen-bond donors (Lipinski definition) is 1. The van der Waals surface area contributed by atoms with E-state index in [2.05, 4.69) is 11.8 Å². The summed E-state index contributed by atoms with van der Waals surface area (Å²) in [5.74, 6) is -0.528. The van der Waals surface area contributed by atoms with Gasteiger partial charge in [-0.1, -0.05) is 6.92 Å². The summed E-state index contributed by atoms with van der Waals surface area (Å²) in [4.78, 5) is 13.7. The molecule has 110 valence electrons. The average Bonchev–Trinajstić information content (AvgIpc) is 2.47. The Balaban J connectivity index is 1.95. The number of carboxylic acid groups (broad SMARTS) is 1. The molecule has 1 saturated heterocycles. The van der Waals surface area contributed by atoms with Gasteiger partial charge in [-0.25, -0.2) is 4.79 Å². The van der Waals surface area contributed by atoms with Crippen molar-refractivity contribution < 1.29 is 18.8 Å². The minimum Gasteiger partial charge on any atom is -0.478 e. The van der Waals surface area contributed by atoms with Crippen LogP contribution in [0.15, 0.2) is 29.2 Å². The van der Waals surface area contributed by atoms with Crippen LogP contribution >= 0.6 is 0 Å². The van der Waals surface area contributed by atoms with Gasteiger partial charge in [-0.15, -0.1) is 0 Å². The van der Waals surface area contributed by atoms with Gasteiger partial charge in [0.2, 0.25) is 0 Å². The van der Waals surface area contributed by atoms with Gasteiger partial charge in [-0.3, -0.25) is 9.11 Å². The molecule has 0 radical (unpaired) electrons. The van der Waals surface area contributed by atoms with E-state index in [0.29, 0.717) is 17.3 Å². The highest BCUT2D eigenvalue weighted by atomic mass is 32.2. The third-order valence-corrected chi connectivity index (χ3v) is 4.84. The van der Waals surface area contributed by atoms with Gasteiger partial charge >= 0.3 is 5.97 Å². The molecular formula is C14H19NO4S. The molecule has 1 aromatic carbocycles. The second kappa shape index (κ2) is 6.97. The highest BCUT2D eigenvalue weighted by molar-refractivity contribution is 7.85. The lowest BCUT2D eigenvalue weighted by Gasteiger charge is -2.31. The minimum atomic E-state index is -1.16. The summed E-state index contributed by atoms with van der Waals surface area (Å²) in [6.45, 7) is 5.47. The predicted molar refractivity (Wildman–Crippen MR) is 76.5 cm³/mol. The molecule has 0 aromatic heterocycles. The molecule has 1 aliphatic heterocycles. The van der Waals surface area contributed by atoms with Crippen LogP contribution in [0, 0.1) is 0 Å². The Morgan fingerprint density at radius 3 is 2.75 bits per heavy atom. The van der Waals surface area contributed by atoms with Gasteiger partial charge in [-0.05, 0) is 30.8 Å². The number of hydrogen-bond acceptors (Lipinski definition) is 4. The maximum absolute atomic E-state index is 12.3. The Bertz CT molecular complexity index is 488. The van der Waals surface area contributed by atoms with Gasteiger partial charge in [-0.2, -0.15) is 0 Å². The summed E-state index contributed by atoms with van der Waals surface area (Å²) in [6.07, 6.45) is -0.0244. The number of carboxylic acids is 1. The maximum atomic E-state index is 12.3. The van der Waals surface area contributed by atoms with E-state index >= 15 is 0 Å². The molecule has 0 aliphatic carbocycles. The van der Waals surface area contributed by atoms with Crippen molar-refractivity contribution in [3.8, 4) is 0 Å². The number of carbonyl (C=O) groups is 1. The molecule has 1 aliphatic rings. The van der Waals surface area contributed by atoms with Crippen LogP contribution in [-0.2, 0) is 15.5 Å². The quantitative estimate of drug-likeness (QED) is 0.885. The molecule has 1 heterocycles. The zero-order chi connectivity index (χ0) is 14.5. The maximum Gasteiger partial charge on any atom is 0.335 e. The zero-order valence-corrected chi connectivity index (χ0v) is 12.3. The van der Waals surface area contributed by atoms with Crippen molar-refractivity contribution >= 4 is 16.8 Å². The fraction of sp³-hybridized carbons (Fsp3) is 0.500. The van der Waals surface area contributed by atoms with Crippen molar-refractivity contribution in [2.45, 2.75) is 17.9 Å². The molecule has 1 aromatic rings. The molecule has 0 saturated carbocycles. The van der Waals surface area contributed by atoms with Crippen molar-refractivity contribution in [2.24, 2.45) is 0 Å². The molecule has 5 nitrogen and oxygen atoms in total. The highest BCUT2D eigenvalue weighted by Gasteiger charge is 2.22. The first kappa shape index (κ1) is 15.2. The highest BCUT2D eigenvalue weighted by Crippen LogP contribution is 2.13. The Morgan fingerprint density at radius 1 is 1.45 bits per heavy atom. The van der Waals surface area contributed by atoms with Crippen LogP contribution in [0.25, 0.3) is 0 Å². The molecule has 0 spiro atoms. The van der Waals surface area contributed by atoms with E-state index in [1.807, 2.05) is 0 Å². The fourth-order valence-electron chi connectivity index (χ4n) is 2.18. The summed E-state index contributed by atoms with van der Waals surface area (Å²) in [7, 11) is -1.16. The van der Waals surface area contributed by atoms with E-state index < -0.39 is 16.8 Å². The summed E-state index contributed by atoms with van der Waals surface area (Å²) < 4.78 is 17.9. The van der Waals surface area contributed by atoms with E-state index in [1.165, 1.54) is 12.1 Å². The smallest absolute Gasteiger partial charge is 0.335 e. The molecule has 0 bridgehead atoms.